The van der Waals surface area contributed by atoms with Crippen molar-refractivity contribution in [3.63, 3.8) is 0 Å². The lowest BCUT2D eigenvalue weighted by molar-refractivity contribution is -0.120. The van der Waals surface area contributed by atoms with E-state index in [-0.39, 0.29) is 12.3 Å². The van der Waals surface area contributed by atoms with Crippen molar-refractivity contribution in [2.24, 2.45) is 5.10 Å². The first-order valence-electron chi connectivity index (χ1n) is 7.17. The first-order valence-corrected chi connectivity index (χ1v) is 7.55. The summed E-state index contributed by atoms with van der Waals surface area (Å²) in [4.78, 5) is 11.9. The lowest BCUT2D eigenvalue weighted by Crippen LogP contribution is -2.20. The van der Waals surface area contributed by atoms with Gasteiger partial charge in [-0.25, -0.2) is 5.43 Å². The van der Waals surface area contributed by atoms with Crippen molar-refractivity contribution in [1.29, 1.82) is 0 Å². The molecule has 23 heavy (non-hydrogen) atoms. The Morgan fingerprint density at radius 3 is 2.78 bits per heavy atom. The van der Waals surface area contributed by atoms with Crippen molar-refractivity contribution >= 4 is 23.7 Å². The fourth-order valence-electron chi connectivity index (χ4n) is 2.18. The molecule has 0 saturated heterocycles. The van der Waals surface area contributed by atoms with Gasteiger partial charge in [0.2, 0.25) is 5.91 Å². The van der Waals surface area contributed by atoms with Crippen LogP contribution in [0.1, 0.15) is 11.1 Å². The first-order chi connectivity index (χ1) is 11.2. The standard InChI is InChI=1S/C17H15ClN2O3/c18-14-4-2-1-3-13(14)11-19-20-17(21)10-12-5-6-15-16(9-12)23-8-7-22-15/h1-6,9,11H,7-8,10H2,(H,20,21)/b19-11-. The van der Waals surface area contributed by atoms with E-state index in [9.17, 15) is 4.79 Å². The molecule has 6 heteroatoms. The Labute approximate surface area is 138 Å². The third-order valence-corrected chi connectivity index (χ3v) is 3.61. The third kappa shape index (κ3) is 4.02. The number of carbonyl (C=O) groups excluding carboxylic acids is 1. The van der Waals surface area contributed by atoms with Crippen molar-refractivity contribution in [1.82, 2.24) is 5.43 Å². The van der Waals surface area contributed by atoms with E-state index in [1.807, 2.05) is 36.4 Å². The Morgan fingerprint density at radius 1 is 1.17 bits per heavy atom. The second-order valence-corrected chi connectivity index (χ2v) is 5.38. The van der Waals surface area contributed by atoms with Gasteiger partial charge in [-0.1, -0.05) is 35.9 Å². The van der Waals surface area contributed by atoms with E-state index in [1.54, 1.807) is 6.07 Å². The minimum absolute atomic E-state index is 0.205. The number of amides is 1. The Bertz CT molecular complexity index is 746. The van der Waals surface area contributed by atoms with Gasteiger partial charge in [0.05, 0.1) is 12.6 Å². The zero-order valence-corrected chi connectivity index (χ0v) is 13.0. The van der Waals surface area contributed by atoms with Gasteiger partial charge in [-0.3, -0.25) is 4.79 Å². The molecule has 0 fully saturated rings. The number of nitrogens with zero attached hydrogens (tertiary/aromatic N) is 1. The molecule has 0 atom stereocenters. The molecule has 2 aromatic rings. The Balaban J connectivity index is 1.58. The minimum Gasteiger partial charge on any atom is -0.486 e. The SMILES string of the molecule is O=C(Cc1ccc2c(c1)OCCO2)N/N=C\c1ccccc1Cl. The molecular weight excluding hydrogens is 316 g/mol. The maximum absolute atomic E-state index is 11.9. The number of nitrogens with one attached hydrogen (secondary N) is 1. The number of carbonyl (C=O) groups is 1. The fraction of sp³-hybridized carbons (Fsp3) is 0.176. The molecule has 5 nitrogen and oxygen atoms in total. The van der Waals surface area contributed by atoms with Crippen molar-refractivity contribution in [3.05, 3.63) is 58.6 Å². The van der Waals surface area contributed by atoms with Crippen molar-refractivity contribution in [2.75, 3.05) is 13.2 Å². The summed E-state index contributed by atoms with van der Waals surface area (Å²) in [5.74, 6) is 1.16. The summed E-state index contributed by atoms with van der Waals surface area (Å²) in [5.41, 5.74) is 4.06. The maximum Gasteiger partial charge on any atom is 0.244 e. The zero-order valence-electron chi connectivity index (χ0n) is 12.3. The molecular formula is C17H15ClN2O3. The molecule has 1 aliphatic rings. The smallest absolute Gasteiger partial charge is 0.244 e. The Hall–Kier alpha value is -2.53. The van der Waals surface area contributed by atoms with Gasteiger partial charge in [-0.05, 0) is 23.8 Å². The average Bonchev–Trinajstić information content (AvgIpc) is 2.56. The van der Waals surface area contributed by atoms with Crippen LogP contribution >= 0.6 is 11.6 Å². The highest BCUT2D eigenvalue weighted by Gasteiger charge is 2.12. The quantitative estimate of drug-likeness (QED) is 0.692. The molecule has 2 aromatic carbocycles. The number of rotatable bonds is 4. The molecule has 0 radical (unpaired) electrons. The highest BCUT2D eigenvalue weighted by Crippen LogP contribution is 2.30. The van der Waals surface area contributed by atoms with Gasteiger partial charge in [-0.2, -0.15) is 5.10 Å². The maximum atomic E-state index is 11.9. The molecule has 3 rings (SSSR count). The summed E-state index contributed by atoms with van der Waals surface area (Å²) in [6, 6.07) is 12.7. The summed E-state index contributed by atoms with van der Waals surface area (Å²) in [5, 5.41) is 4.50. The van der Waals surface area contributed by atoms with Crippen LogP contribution in [0.4, 0.5) is 0 Å². The van der Waals surface area contributed by atoms with E-state index < -0.39 is 0 Å². The third-order valence-electron chi connectivity index (χ3n) is 3.27. The van der Waals surface area contributed by atoms with Gasteiger partial charge < -0.3 is 9.47 Å². The molecule has 0 aliphatic carbocycles. The lowest BCUT2D eigenvalue weighted by atomic mass is 10.1. The average molecular weight is 331 g/mol. The van der Waals surface area contributed by atoms with Crippen LogP contribution in [0.5, 0.6) is 11.5 Å². The van der Waals surface area contributed by atoms with Crippen LogP contribution in [0.3, 0.4) is 0 Å². The lowest BCUT2D eigenvalue weighted by Gasteiger charge is -2.18. The number of hydrogen-bond donors (Lipinski definition) is 1. The zero-order chi connectivity index (χ0) is 16.1. The molecule has 0 aromatic heterocycles. The highest BCUT2D eigenvalue weighted by molar-refractivity contribution is 6.33. The summed E-state index contributed by atoms with van der Waals surface area (Å²) >= 11 is 6.01. The number of benzene rings is 2. The molecule has 1 amide bonds. The van der Waals surface area contributed by atoms with Crippen LogP contribution in [0.2, 0.25) is 5.02 Å². The van der Waals surface area contributed by atoms with Crippen LogP contribution in [-0.2, 0) is 11.2 Å². The van der Waals surface area contributed by atoms with Crippen molar-refractivity contribution in [2.45, 2.75) is 6.42 Å². The van der Waals surface area contributed by atoms with E-state index >= 15 is 0 Å². The normalized spacial score (nSPS) is 13.1. The second-order valence-electron chi connectivity index (χ2n) is 4.97. The summed E-state index contributed by atoms with van der Waals surface area (Å²) in [6.07, 6.45) is 1.72. The van der Waals surface area contributed by atoms with Crippen LogP contribution in [0.15, 0.2) is 47.6 Å². The number of hydrogen-bond acceptors (Lipinski definition) is 4. The van der Waals surface area contributed by atoms with Gasteiger partial charge in [0.15, 0.2) is 11.5 Å². The Morgan fingerprint density at radius 2 is 1.96 bits per heavy atom. The second kappa shape index (κ2) is 7.15. The molecule has 1 aliphatic heterocycles. The van der Waals surface area contributed by atoms with E-state index in [2.05, 4.69) is 10.5 Å². The van der Waals surface area contributed by atoms with Crippen LogP contribution < -0.4 is 14.9 Å². The van der Waals surface area contributed by atoms with Crippen molar-refractivity contribution < 1.29 is 14.3 Å². The van der Waals surface area contributed by atoms with Gasteiger partial charge in [0, 0.05) is 10.6 Å². The number of ether oxygens (including phenoxy) is 2. The van der Waals surface area contributed by atoms with E-state index in [0.29, 0.717) is 29.7 Å². The number of fused-ring (bicyclic) bond motifs is 1. The summed E-state index contributed by atoms with van der Waals surface area (Å²) in [6.45, 7) is 1.06. The highest BCUT2D eigenvalue weighted by atomic mass is 35.5. The number of halogens is 1. The Kier molecular flexibility index (Phi) is 4.78. The molecule has 118 valence electrons. The molecule has 0 bridgehead atoms. The predicted octanol–water partition coefficient (Wildman–Crippen LogP) is 2.80. The molecule has 0 spiro atoms. The first kappa shape index (κ1) is 15.4. The monoisotopic (exact) mass is 330 g/mol. The molecule has 1 heterocycles. The van der Waals surface area contributed by atoms with Gasteiger partial charge in [0.1, 0.15) is 13.2 Å². The largest absolute Gasteiger partial charge is 0.486 e. The van der Waals surface area contributed by atoms with Gasteiger partial charge in [-0.15, -0.1) is 0 Å². The summed E-state index contributed by atoms with van der Waals surface area (Å²) < 4.78 is 10.9. The van der Waals surface area contributed by atoms with E-state index in [4.69, 9.17) is 21.1 Å². The fourth-order valence-corrected chi connectivity index (χ4v) is 2.36. The van der Waals surface area contributed by atoms with Crippen LogP contribution in [0.25, 0.3) is 0 Å². The van der Waals surface area contributed by atoms with E-state index in [0.717, 1.165) is 11.1 Å². The molecule has 0 saturated carbocycles. The van der Waals surface area contributed by atoms with Crippen LogP contribution in [0, 0.1) is 0 Å². The molecule has 0 unspecified atom stereocenters. The summed E-state index contributed by atoms with van der Waals surface area (Å²) in [7, 11) is 0. The van der Waals surface area contributed by atoms with E-state index in [1.165, 1.54) is 6.21 Å². The number of hydrazone groups is 1. The van der Waals surface area contributed by atoms with Crippen molar-refractivity contribution in [3.8, 4) is 11.5 Å². The van der Waals surface area contributed by atoms with Gasteiger partial charge in [0.25, 0.3) is 0 Å². The topological polar surface area (TPSA) is 59.9 Å². The predicted molar refractivity (Wildman–Crippen MR) is 88.3 cm³/mol. The van der Waals surface area contributed by atoms with Crippen LogP contribution in [-0.4, -0.2) is 25.3 Å². The minimum atomic E-state index is -0.218. The molecule has 1 N–H and O–H groups in total. The van der Waals surface area contributed by atoms with Gasteiger partial charge >= 0.3 is 0 Å².